The molecule has 0 saturated carbocycles. The van der Waals surface area contributed by atoms with Crippen LogP contribution < -0.4 is 5.32 Å². The lowest BCUT2D eigenvalue weighted by atomic mass is 10.1. The van der Waals surface area contributed by atoms with Gasteiger partial charge < -0.3 is 14.6 Å². The van der Waals surface area contributed by atoms with Crippen LogP contribution in [0.5, 0.6) is 0 Å². The summed E-state index contributed by atoms with van der Waals surface area (Å²) in [5.41, 5.74) is 5.30. The monoisotopic (exact) mass is 342 g/mol. The Labute approximate surface area is 149 Å². The number of amides is 1. The molecule has 0 radical (unpaired) electrons. The number of carbonyl (C=O) groups excluding carboxylic acids is 2. The Morgan fingerprint density at radius 3 is 2.32 bits per heavy atom. The van der Waals surface area contributed by atoms with Gasteiger partial charge in [-0.05, 0) is 70.9 Å². The fraction of sp³-hybridized carbons (Fsp3) is 0.400. The molecular weight excluding hydrogens is 316 g/mol. The first-order valence-corrected chi connectivity index (χ1v) is 8.43. The zero-order valence-corrected chi connectivity index (χ0v) is 15.8. The smallest absolute Gasteiger partial charge is 0.340 e. The van der Waals surface area contributed by atoms with Crippen LogP contribution in [0.1, 0.15) is 52.8 Å². The van der Waals surface area contributed by atoms with Gasteiger partial charge >= 0.3 is 5.97 Å². The molecule has 0 aliphatic carbocycles. The predicted octanol–water partition coefficient (Wildman–Crippen LogP) is 4.10. The summed E-state index contributed by atoms with van der Waals surface area (Å²) >= 11 is 0. The number of anilines is 1. The molecule has 0 atom stereocenters. The Morgan fingerprint density at radius 2 is 1.76 bits per heavy atom. The summed E-state index contributed by atoms with van der Waals surface area (Å²) in [6.07, 6.45) is 0. The van der Waals surface area contributed by atoms with Crippen LogP contribution >= 0.6 is 0 Å². The summed E-state index contributed by atoms with van der Waals surface area (Å²) in [6.45, 7) is 11.6. The van der Waals surface area contributed by atoms with E-state index in [2.05, 4.69) is 23.7 Å². The number of nitrogens with one attached hydrogen (secondary N) is 1. The predicted molar refractivity (Wildman–Crippen MR) is 99.1 cm³/mol. The number of aryl methyl sites for hydroxylation is 3. The first kappa shape index (κ1) is 18.8. The van der Waals surface area contributed by atoms with E-state index in [1.54, 1.807) is 6.07 Å². The van der Waals surface area contributed by atoms with Crippen molar-refractivity contribution in [3.05, 3.63) is 52.3 Å². The van der Waals surface area contributed by atoms with Crippen molar-refractivity contribution in [1.82, 2.24) is 4.57 Å². The van der Waals surface area contributed by atoms with Gasteiger partial charge in [0, 0.05) is 23.1 Å². The standard InChI is InChI=1S/C20H26N2O3/c1-12(2)22-15(5)10-18(16(22)6)20(24)25-11-19(23)21-17-8-7-13(3)14(4)9-17/h7-10,12H,11H2,1-6H3,(H,21,23). The molecule has 0 unspecified atom stereocenters. The van der Waals surface area contributed by atoms with E-state index in [1.165, 1.54) is 0 Å². The van der Waals surface area contributed by atoms with Gasteiger partial charge in [0.1, 0.15) is 0 Å². The first-order chi connectivity index (χ1) is 11.7. The molecule has 0 spiro atoms. The van der Waals surface area contributed by atoms with Crippen LogP contribution in [0.25, 0.3) is 0 Å². The molecule has 0 aliphatic rings. The third kappa shape index (κ3) is 4.29. The Balaban J connectivity index is 1.99. The number of aromatic nitrogens is 1. The lowest BCUT2D eigenvalue weighted by Gasteiger charge is -2.13. The van der Waals surface area contributed by atoms with E-state index in [0.29, 0.717) is 11.3 Å². The Hall–Kier alpha value is -2.56. The molecule has 25 heavy (non-hydrogen) atoms. The van der Waals surface area contributed by atoms with Crippen LogP contribution in [-0.2, 0) is 9.53 Å². The number of benzene rings is 1. The second-order valence-electron chi connectivity index (χ2n) is 6.67. The van der Waals surface area contributed by atoms with Crippen molar-refractivity contribution in [2.24, 2.45) is 0 Å². The number of hydrogen-bond donors (Lipinski definition) is 1. The van der Waals surface area contributed by atoms with E-state index in [1.807, 2.05) is 45.9 Å². The van der Waals surface area contributed by atoms with Crippen LogP contribution in [0.15, 0.2) is 24.3 Å². The second-order valence-corrected chi connectivity index (χ2v) is 6.67. The largest absolute Gasteiger partial charge is 0.452 e. The molecule has 1 aromatic heterocycles. The van der Waals surface area contributed by atoms with Crippen LogP contribution in [-0.4, -0.2) is 23.1 Å². The lowest BCUT2D eigenvalue weighted by molar-refractivity contribution is -0.119. The quantitative estimate of drug-likeness (QED) is 0.832. The molecule has 0 aliphatic heterocycles. The minimum Gasteiger partial charge on any atom is -0.452 e. The number of nitrogens with zero attached hydrogens (tertiary/aromatic N) is 1. The van der Waals surface area contributed by atoms with E-state index in [9.17, 15) is 9.59 Å². The molecule has 1 N–H and O–H groups in total. The van der Waals surface area contributed by atoms with Gasteiger partial charge in [0.25, 0.3) is 5.91 Å². The minimum atomic E-state index is -0.477. The van der Waals surface area contributed by atoms with Crippen molar-refractivity contribution >= 4 is 17.6 Å². The van der Waals surface area contributed by atoms with Gasteiger partial charge in [-0.25, -0.2) is 4.79 Å². The summed E-state index contributed by atoms with van der Waals surface area (Å²) < 4.78 is 7.26. The highest BCUT2D eigenvalue weighted by molar-refractivity contribution is 5.96. The SMILES string of the molecule is Cc1ccc(NC(=O)COC(=O)c2cc(C)n(C(C)C)c2C)cc1C. The molecule has 2 aromatic rings. The highest BCUT2D eigenvalue weighted by Gasteiger charge is 2.19. The van der Waals surface area contributed by atoms with Gasteiger partial charge in [0.2, 0.25) is 0 Å². The molecule has 1 heterocycles. The molecular formula is C20H26N2O3. The average molecular weight is 342 g/mol. The topological polar surface area (TPSA) is 60.3 Å². The van der Waals surface area contributed by atoms with Crippen molar-refractivity contribution in [3.8, 4) is 0 Å². The van der Waals surface area contributed by atoms with Crippen molar-refractivity contribution in [2.75, 3.05) is 11.9 Å². The summed E-state index contributed by atoms with van der Waals surface area (Å²) in [4.78, 5) is 24.3. The summed E-state index contributed by atoms with van der Waals surface area (Å²) in [7, 11) is 0. The molecule has 1 aromatic carbocycles. The fourth-order valence-corrected chi connectivity index (χ4v) is 3.00. The molecule has 5 nitrogen and oxygen atoms in total. The van der Waals surface area contributed by atoms with E-state index < -0.39 is 5.97 Å². The Bertz CT molecular complexity index is 804. The van der Waals surface area contributed by atoms with Crippen LogP contribution in [0.2, 0.25) is 0 Å². The third-order valence-corrected chi connectivity index (χ3v) is 4.35. The first-order valence-electron chi connectivity index (χ1n) is 8.43. The third-order valence-electron chi connectivity index (χ3n) is 4.35. The summed E-state index contributed by atoms with van der Waals surface area (Å²) in [5, 5.41) is 2.74. The second kappa shape index (κ2) is 7.55. The van der Waals surface area contributed by atoms with Gasteiger partial charge in [0.05, 0.1) is 5.56 Å². The fourth-order valence-electron chi connectivity index (χ4n) is 3.00. The molecule has 5 heteroatoms. The maximum absolute atomic E-state index is 12.3. The normalized spacial score (nSPS) is 10.8. The average Bonchev–Trinajstić information content (AvgIpc) is 2.83. The zero-order valence-electron chi connectivity index (χ0n) is 15.8. The zero-order chi connectivity index (χ0) is 18.7. The number of hydrogen-bond acceptors (Lipinski definition) is 3. The van der Waals surface area contributed by atoms with E-state index in [-0.39, 0.29) is 18.6 Å². The highest BCUT2D eigenvalue weighted by atomic mass is 16.5. The maximum atomic E-state index is 12.3. The number of carbonyl (C=O) groups is 2. The summed E-state index contributed by atoms with van der Waals surface area (Å²) in [6, 6.07) is 7.73. The molecule has 1 amide bonds. The highest BCUT2D eigenvalue weighted by Crippen LogP contribution is 2.21. The van der Waals surface area contributed by atoms with Gasteiger partial charge in [0.15, 0.2) is 6.61 Å². The maximum Gasteiger partial charge on any atom is 0.340 e. The summed E-state index contributed by atoms with van der Waals surface area (Å²) in [5.74, 6) is -0.829. The lowest BCUT2D eigenvalue weighted by Crippen LogP contribution is -2.21. The number of rotatable bonds is 5. The van der Waals surface area contributed by atoms with E-state index in [0.717, 1.165) is 22.5 Å². The van der Waals surface area contributed by atoms with Gasteiger partial charge in [-0.1, -0.05) is 6.07 Å². The number of ether oxygens (including phenoxy) is 1. The van der Waals surface area contributed by atoms with Crippen LogP contribution in [0.3, 0.4) is 0 Å². The van der Waals surface area contributed by atoms with Crippen molar-refractivity contribution in [2.45, 2.75) is 47.6 Å². The Kier molecular flexibility index (Phi) is 5.67. The molecule has 0 bridgehead atoms. The molecule has 0 saturated heterocycles. The van der Waals surface area contributed by atoms with Crippen molar-refractivity contribution in [3.63, 3.8) is 0 Å². The van der Waals surface area contributed by atoms with Gasteiger partial charge in [-0.15, -0.1) is 0 Å². The van der Waals surface area contributed by atoms with Crippen LogP contribution in [0, 0.1) is 27.7 Å². The minimum absolute atomic E-state index is 0.259. The molecule has 0 fully saturated rings. The van der Waals surface area contributed by atoms with Crippen molar-refractivity contribution in [1.29, 1.82) is 0 Å². The Morgan fingerprint density at radius 1 is 1.08 bits per heavy atom. The van der Waals surface area contributed by atoms with Gasteiger partial charge in [-0.3, -0.25) is 4.79 Å². The molecule has 134 valence electrons. The van der Waals surface area contributed by atoms with E-state index >= 15 is 0 Å². The van der Waals surface area contributed by atoms with Crippen LogP contribution in [0.4, 0.5) is 5.69 Å². The molecule has 2 rings (SSSR count). The van der Waals surface area contributed by atoms with Gasteiger partial charge in [-0.2, -0.15) is 0 Å². The number of esters is 1. The van der Waals surface area contributed by atoms with E-state index in [4.69, 9.17) is 4.74 Å². The van der Waals surface area contributed by atoms with Crippen molar-refractivity contribution < 1.29 is 14.3 Å².